The van der Waals surface area contributed by atoms with Crippen molar-refractivity contribution in [1.82, 2.24) is 9.88 Å². The van der Waals surface area contributed by atoms with Gasteiger partial charge in [-0.15, -0.1) is 11.3 Å². The lowest BCUT2D eigenvalue weighted by atomic mass is 10.1. The molecule has 1 aliphatic rings. The summed E-state index contributed by atoms with van der Waals surface area (Å²) in [6.07, 6.45) is 1.51. The fraction of sp³-hybridized carbons (Fsp3) is 0.583. The molecule has 0 aliphatic carbocycles. The number of hydrogen-bond acceptors (Lipinski definition) is 6. The van der Waals surface area contributed by atoms with Crippen molar-refractivity contribution in [3.05, 3.63) is 11.1 Å². The second-order valence-electron chi connectivity index (χ2n) is 4.64. The molecular formula is C12H17N3O4S. The van der Waals surface area contributed by atoms with Crippen LogP contribution in [0.5, 0.6) is 0 Å². The average Bonchev–Trinajstić information content (AvgIpc) is 2.82. The first kappa shape index (κ1) is 14.7. The minimum absolute atomic E-state index is 0.0204. The van der Waals surface area contributed by atoms with Gasteiger partial charge in [0, 0.05) is 18.5 Å². The number of piperidine rings is 1. The lowest BCUT2D eigenvalue weighted by molar-refractivity contribution is -0.146. The van der Waals surface area contributed by atoms with Gasteiger partial charge in [0.15, 0.2) is 5.13 Å². The molecule has 0 atom stereocenters. The molecule has 2 rings (SSSR count). The number of nitrogens with two attached hydrogens (primary N) is 1. The number of aromatic nitrogens is 1. The number of rotatable bonds is 5. The summed E-state index contributed by atoms with van der Waals surface area (Å²) in [4.78, 5) is 28.3. The quantitative estimate of drug-likeness (QED) is 0.813. The largest absolute Gasteiger partial charge is 0.480 e. The van der Waals surface area contributed by atoms with Crippen LogP contribution in [-0.4, -0.2) is 52.7 Å². The molecule has 0 spiro atoms. The second-order valence-corrected chi connectivity index (χ2v) is 5.53. The summed E-state index contributed by atoms with van der Waals surface area (Å²) in [6, 6.07) is 0. The number of carboxylic acid groups (broad SMARTS) is 1. The minimum atomic E-state index is -0.968. The molecular weight excluding hydrogens is 282 g/mol. The Morgan fingerprint density at radius 2 is 2.20 bits per heavy atom. The number of carboxylic acids is 1. The van der Waals surface area contributed by atoms with Gasteiger partial charge in [0.1, 0.15) is 6.61 Å². The van der Waals surface area contributed by atoms with Gasteiger partial charge in [0.05, 0.1) is 18.2 Å². The highest BCUT2D eigenvalue weighted by molar-refractivity contribution is 7.13. The molecule has 1 aromatic rings. The highest BCUT2D eigenvalue weighted by Crippen LogP contribution is 2.16. The van der Waals surface area contributed by atoms with Gasteiger partial charge in [0.2, 0.25) is 5.91 Å². The van der Waals surface area contributed by atoms with E-state index in [2.05, 4.69) is 4.98 Å². The van der Waals surface area contributed by atoms with Gasteiger partial charge < -0.3 is 20.5 Å². The maximum absolute atomic E-state index is 12.1. The highest BCUT2D eigenvalue weighted by Gasteiger charge is 2.24. The number of nitrogens with zero attached hydrogens (tertiary/aromatic N) is 2. The van der Waals surface area contributed by atoms with E-state index in [4.69, 9.17) is 15.6 Å². The monoisotopic (exact) mass is 299 g/mol. The van der Waals surface area contributed by atoms with Crippen LogP contribution in [0, 0.1) is 0 Å². The van der Waals surface area contributed by atoms with Crippen LogP contribution in [0.4, 0.5) is 5.13 Å². The molecule has 1 saturated heterocycles. The van der Waals surface area contributed by atoms with E-state index in [1.165, 1.54) is 11.3 Å². The predicted molar refractivity (Wildman–Crippen MR) is 73.4 cm³/mol. The van der Waals surface area contributed by atoms with Crippen LogP contribution in [0.25, 0.3) is 0 Å². The van der Waals surface area contributed by atoms with E-state index in [1.54, 1.807) is 10.3 Å². The number of nitrogen functional groups attached to an aromatic ring is 1. The molecule has 1 aliphatic heterocycles. The Labute approximate surface area is 120 Å². The third kappa shape index (κ3) is 4.17. The molecule has 0 radical (unpaired) electrons. The van der Waals surface area contributed by atoms with Crippen molar-refractivity contribution < 1.29 is 19.4 Å². The number of aliphatic carboxylic acids is 1. The van der Waals surface area contributed by atoms with E-state index in [9.17, 15) is 9.59 Å². The number of hydrogen-bond donors (Lipinski definition) is 2. The third-order valence-corrected chi connectivity index (χ3v) is 3.86. The predicted octanol–water partition coefficient (Wildman–Crippen LogP) is 0.360. The smallest absolute Gasteiger partial charge is 0.329 e. The maximum atomic E-state index is 12.1. The number of ether oxygens (including phenoxy) is 1. The van der Waals surface area contributed by atoms with Gasteiger partial charge in [-0.2, -0.15) is 0 Å². The first-order valence-corrected chi connectivity index (χ1v) is 7.23. The van der Waals surface area contributed by atoms with Crippen LogP contribution >= 0.6 is 11.3 Å². The summed E-state index contributed by atoms with van der Waals surface area (Å²) in [5.74, 6) is -0.948. The number of thiazole rings is 1. The van der Waals surface area contributed by atoms with Crippen molar-refractivity contribution in [2.24, 2.45) is 0 Å². The van der Waals surface area contributed by atoms with E-state index in [1.807, 2.05) is 0 Å². The fourth-order valence-electron chi connectivity index (χ4n) is 2.13. The molecule has 20 heavy (non-hydrogen) atoms. The number of carbonyl (C=O) groups excluding carboxylic acids is 1. The Morgan fingerprint density at radius 1 is 1.50 bits per heavy atom. The molecule has 3 N–H and O–H groups in total. The van der Waals surface area contributed by atoms with Crippen LogP contribution in [-0.2, 0) is 20.7 Å². The van der Waals surface area contributed by atoms with Crippen LogP contribution in [0.15, 0.2) is 5.38 Å². The Bertz CT molecular complexity index is 483. The van der Waals surface area contributed by atoms with Crippen molar-refractivity contribution in [3.63, 3.8) is 0 Å². The number of amides is 1. The summed E-state index contributed by atoms with van der Waals surface area (Å²) in [7, 11) is 0. The Kier molecular flexibility index (Phi) is 4.91. The van der Waals surface area contributed by atoms with E-state index in [0.717, 1.165) is 0 Å². The number of carbonyl (C=O) groups is 2. The fourth-order valence-corrected chi connectivity index (χ4v) is 2.69. The molecule has 1 fully saturated rings. The lowest BCUT2D eigenvalue weighted by Gasteiger charge is -2.31. The molecule has 0 bridgehead atoms. The summed E-state index contributed by atoms with van der Waals surface area (Å²) in [5, 5.41) is 10.8. The standard InChI is InChI=1S/C12H17N3O4S/c13-12-14-8(7-20-12)5-10(16)15-3-1-9(2-4-15)19-6-11(17)18/h7,9H,1-6H2,(H2,13,14)(H,17,18). The van der Waals surface area contributed by atoms with Gasteiger partial charge >= 0.3 is 5.97 Å². The highest BCUT2D eigenvalue weighted by atomic mass is 32.1. The Morgan fingerprint density at radius 3 is 2.75 bits per heavy atom. The maximum Gasteiger partial charge on any atom is 0.329 e. The molecule has 0 aromatic carbocycles. The lowest BCUT2D eigenvalue weighted by Crippen LogP contribution is -2.42. The van der Waals surface area contributed by atoms with Gasteiger partial charge in [-0.05, 0) is 12.8 Å². The SMILES string of the molecule is Nc1nc(CC(=O)N2CCC(OCC(=O)O)CC2)cs1. The molecule has 0 saturated carbocycles. The molecule has 2 heterocycles. The van der Waals surface area contributed by atoms with Crippen molar-refractivity contribution >= 4 is 28.3 Å². The number of likely N-dealkylation sites (tertiary alicyclic amines) is 1. The van der Waals surface area contributed by atoms with Crippen LogP contribution < -0.4 is 5.73 Å². The van der Waals surface area contributed by atoms with Gasteiger partial charge in [-0.1, -0.05) is 0 Å². The van der Waals surface area contributed by atoms with Crippen molar-refractivity contribution in [2.45, 2.75) is 25.4 Å². The van der Waals surface area contributed by atoms with Crippen molar-refractivity contribution in [1.29, 1.82) is 0 Å². The zero-order valence-corrected chi connectivity index (χ0v) is 11.8. The Balaban J connectivity index is 1.75. The molecule has 8 heteroatoms. The van der Waals surface area contributed by atoms with E-state index in [-0.39, 0.29) is 25.0 Å². The normalized spacial score (nSPS) is 16.3. The van der Waals surface area contributed by atoms with E-state index in [0.29, 0.717) is 36.8 Å². The van der Waals surface area contributed by atoms with Gasteiger partial charge in [-0.3, -0.25) is 4.79 Å². The van der Waals surface area contributed by atoms with Gasteiger partial charge in [-0.25, -0.2) is 9.78 Å². The first-order chi connectivity index (χ1) is 9.54. The molecule has 110 valence electrons. The minimum Gasteiger partial charge on any atom is -0.480 e. The zero-order valence-electron chi connectivity index (χ0n) is 10.9. The topological polar surface area (TPSA) is 106 Å². The summed E-state index contributed by atoms with van der Waals surface area (Å²) in [5.41, 5.74) is 6.22. The van der Waals surface area contributed by atoms with Crippen LogP contribution in [0.1, 0.15) is 18.5 Å². The van der Waals surface area contributed by atoms with Gasteiger partial charge in [0.25, 0.3) is 0 Å². The first-order valence-electron chi connectivity index (χ1n) is 6.35. The van der Waals surface area contributed by atoms with E-state index >= 15 is 0 Å². The zero-order chi connectivity index (χ0) is 14.5. The summed E-state index contributed by atoms with van der Waals surface area (Å²) < 4.78 is 5.23. The average molecular weight is 299 g/mol. The van der Waals surface area contributed by atoms with Crippen LogP contribution in [0.3, 0.4) is 0 Å². The Hall–Kier alpha value is -1.67. The van der Waals surface area contributed by atoms with Crippen molar-refractivity contribution in [3.8, 4) is 0 Å². The van der Waals surface area contributed by atoms with E-state index < -0.39 is 5.97 Å². The summed E-state index contributed by atoms with van der Waals surface area (Å²) in [6.45, 7) is 0.891. The molecule has 0 unspecified atom stereocenters. The van der Waals surface area contributed by atoms with Crippen molar-refractivity contribution in [2.75, 3.05) is 25.4 Å². The third-order valence-electron chi connectivity index (χ3n) is 3.14. The second kappa shape index (κ2) is 6.67. The summed E-state index contributed by atoms with van der Waals surface area (Å²) >= 11 is 1.32. The number of anilines is 1. The van der Waals surface area contributed by atoms with Crippen LogP contribution in [0.2, 0.25) is 0 Å². The molecule has 1 aromatic heterocycles. The molecule has 7 nitrogen and oxygen atoms in total. The molecule has 1 amide bonds.